The van der Waals surface area contributed by atoms with Crippen molar-refractivity contribution in [2.45, 2.75) is 37.8 Å². The Morgan fingerprint density at radius 3 is 2.55 bits per heavy atom. The van der Waals surface area contributed by atoms with Gasteiger partial charge in [0.25, 0.3) is 5.91 Å². The molecule has 1 heterocycles. The molecule has 2 aromatic carbocycles. The molecular formula is C24H27N3O2. The van der Waals surface area contributed by atoms with Gasteiger partial charge in [0.1, 0.15) is 6.29 Å². The summed E-state index contributed by atoms with van der Waals surface area (Å²) in [6.07, 6.45) is 7.34. The Balaban J connectivity index is 1.52. The van der Waals surface area contributed by atoms with Gasteiger partial charge in [0.2, 0.25) is 0 Å². The van der Waals surface area contributed by atoms with Gasteiger partial charge in [-0.3, -0.25) is 10.1 Å². The number of amides is 1. The molecule has 1 fully saturated rings. The predicted molar refractivity (Wildman–Crippen MR) is 116 cm³/mol. The minimum Gasteiger partial charge on any atom is -0.361 e. The maximum absolute atomic E-state index is 13.2. The average molecular weight is 389 g/mol. The topological polar surface area (TPSA) is 65.2 Å². The second-order valence-electron chi connectivity index (χ2n) is 7.84. The smallest absolute Gasteiger partial charge is 0.255 e. The Bertz CT molecular complexity index is 1000. The van der Waals surface area contributed by atoms with Crippen LogP contribution in [0.3, 0.4) is 0 Å². The first-order valence-corrected chi connectivity index (χ1v) is 10.3. The van der Waals surface area contributed by atoms with Crippen LogP contribution in [-0.2, 0) is 4.79 Å². The highest BCUT2D eigenvalue weighted by molar-refractivity contribution is 5.95. The van der Waals surface area contributed by atoms with Crippen molar-refractivity contribution in [3.8, 4) is 11.1 Å². The minimum atomic E-state index is -0.349. The van der Waals surface area contributed by atoms with Crippen molar-refractivity contribution < 1.29 is 9.59 Å². The van der Waals surface area contributed by atoms with E-state index in [1.807, 2.05) is 42.4 Å². The van der Waals surface area contributed by atoms with Gasteiger partial charge in [0.15, 0.2) is 0 Å². The summed E-state index contributed by atoms with van der Waals surface area (Å²) in [4.78, 5) is 28.9. The number of hydrogen-bond acceptors (Lipinski definition) is 3. The van der Waals surface area contributed by atoms with Gasteiger partial charge >= 0.3 is 0 Å². The van der Waals surface area contributed by atoms with Crippen molar-refractivity contribution in [3.63, 3.8) is 0 Å². The molecule has 1 aliphatic rings. The summed E-state index contributed by atoms with van der Waals surface area (Å²) in [5, 5.41) is 4.64. The molecule has 0 atom stereocenters. The number of aromatic nitrogens is 1. The van der Waals surface area contributed by atoms with Gasteiger partial charge in [-0.15, -0.1) is 0 Å². The summed E-state index contributed by atoms with van der Waals surface area (Å²) in [5.74, 6) is 0.0122. The molecule has 4 rings (SSSR count). The zero-order valence-corrected chi connectivity index (χ0v) is 16.8. The van der Waals surface area contributed by atoms with Crippen LogP contribution in [0.25, 0.3) is 22.0 Å². The molecule has 0 bridgehead atoms. The summed E-state index contributed by atoms with van der Waals surface area (Å²) >= 11 is 0. The van der Waals surface area contributed by atoms with Gasteiger partial charge < -0.3 is 14.7 Å². The number of nitrogens with one attached hydrogen (secondary N) is 2. The van der Waals surface area contributed by atoms with Gasteiger partial charge in [-0.1, -0.05) is 18.2 Å². The molecule has 150 valence electrons. The van der Waals surface area contributed by atoms with Crippen LogP contribution in [-0.4, -0.2) is 41.3 Å². The summed E-state index contributed by atoms with van der Waals surface area (Å²) in [6, 6.07) is 16.2. The lowest BCUT2D eigenvalue weighted by atomic mass is 10.0. The highest BCUT2D eigenvalue weighted by Crippen LogP contribution is 2.33. The van der Waals surface area contributed by atoms with E-state index in [1.165, 1.54) is 5.39 Å². The summed E-state index contributed by atoms with van der Waals surface area (Å²) in [6.45, 7) is 0.599. The number of carbonyl (C=O) groups is 2. The fraction of sp³-hybridized carbons (Fsp3) is 0.333. The SMILES string of the molecule is CN(C(=O)c1ccc(-c2ccc3[nH]ccc3c2)cc1)C1(NCCC=O)CCCC1. The first-order chi connectivity index (χ1) is 14.1. The molecule has 1 amide bonds. The Morgan fingerprint density at radius 2 is 1.83 bits per heavy atom. The van der Waals surface area contributed by atoms with Gasteiger partial charge in [0.05, 0.1) is 5.66 Å². The third kappa shape index (κ3) is 3.83. The summed E-state index contributed by atoms with van der Waals surface area (Å²) in [5.41, 5.74) is 3.67. The minimum absolute atomic E-state index is 0.0122. The molecule has 1 saturated carbocycles. The molecule has 2 N–H and O–H groups in total. The molecule has 0 aliphatic heterocycles. The first kappa shape index (κ1) is 19.4. The van der Waals surface area contributed by atoms with Crippen molar-refractivity contribution in [2.75, 3.05) is 13.6 Å². The average Bonchev–Trinajstić information content (AvgIpc) is 3.42. The lowest BCUT2D eigenvalue weighted by Crippen LogP contribution is -2.57. The number of rotatable bonds is 7. The van der Waals surface area contributed by atoms with E-state index in [-0.39, 0.29) is 11.6 Å². The standard InChI is InChI=1S/C24H27N3O2/c1-27(24(12-2-3-13-24)26-14-4-16-28)23(29)19-7-5-18(6-8-19)20-9-10-22-21(17-20)11-15-25-22/h5-11,15-17,25-26H,2-4,12-14H2,1H3. The van der Waals surface area contributed by atoms with E-state index in [0.717, 1.165) is 48.6 Å². The third-order valence-electron chi connectivity index (χ3n) is 6.11. The van der Waals surface area contributed by atoms with Crippen molar-refractivity contribution in [1.82, 2.24) is 15.2 Å². The molecule has 0 radical (unpaired) electrons. The van der Waals surface area contributed by atoms with Crippen LogP contribution >= 0.6 is 0 Å². The van der Waals surface area contributed by atoms with Crippen molar-refractivity contribution >= 4 is 23.1 Å². The second kappa shape index (κ2) is 8.21. The number of H-pyrrole nitrogens is 1. The van der Waals surface area contributed by atoms with E-state index in [9.17, 15) is 9.59 Å². The van der Waals surface area contributed by atoms with Crippen LogP contribution in [0.5, 0.6) is 0 Å². The van der Waals surface area contributed by atoms with E-state index in [4.69, 9.17) is 0 Å². The van der Waals surface area contributed by atoms with E-state index in [0.29, 0.717) is 18.5 Å². The van der Waals surface area contributed by atoms with Gasteiger partial charge in [-0.05, 0) is 72.5 Å². The quantitative estimate of drug-likeness (QED) is 0.359. The Labute approximate surface area is 171 Å². The van der Waals surface area contributed by atoms with Crippen LogP contribution < -0.4 is 5.32 Å². The molecule has 29 heavy (non-hydrogen) atoms. The number of aromatic amines is 1. The Hall–Kier alpha value is -2.92. The first-order valence-electron chi connectivity index (χ1n) is 10.3. The normalized spacial score (nSPS) is 15.5. The van der Waals surface area contributed by atoms with Crippen LogP contribution in [0.15, 0.2) is 54.7 Å². The molecule has 5 heteroatoms. The lowest BCUT2D eigenvalue weighted by Gasteiger charge is -2.40. The fourth-order valence-electron chi connectivity index (χ4n) is 4.38. The van der Waals surface area contributed by atoms with Crippen molar-refractivity contribution in [3.05, 3.63) is 60.3 Å². The highest BCUT2D eigenvalue weighted by Gasteiger charge is 2.39. The summed E-state index contributed by atoms with van der Waals surface area (Å²) in [7, 11) is 1.87. The molecule has 0 saturated heterocycles. The van der Waals surface area contributed by atoms with Crippen LogP contribution in [0.2, 0.25) is 0 Å². The lowest BCUT2D eigenvalue weighted by molar-refractivity contribution is -0.107. The third-order valence-corrected chi connectivity index (χ3v) is 6.11. The maximum Gasteiger partial charge on any atom is 0.255 e. The van der Waals surface area contributed by atoms with Gasteiger partial charge in [-0.2, -0.15) is 0 Å². The molecule has 0 spiro atoms. The van der Waals surface area contributed by atoms with Crippen molar-refractivity contribution in [1.29, 1.82) is 0 Å². The fourth-order valence-corrected chi connectivity index (χ4v) is 4.38. The number of carbonyl (C=O) groups excluding carboxylic acids is 2. The van der Waals surface area contributed by atoms with E-state index in [2.05, 4.69) is 34.6 Å². The van der Waals surface area contributed by atoms with Crippen LogP contribution in [0, 0.1) is 0 Å². The Kier molecular flexibility index (Phi) is 5.49. The highest BCUT2D eigenvalue weighted by atomic mass is 16.2. The van der Waals surface area contributed by atoms with Crippen LogP contribution in [0.4, 0.5) is 0 Å². The van der Waals surface area contributed by atoms with Crippen molar-refractivity contribution in [2.24, 2.45) is 0 Å². The molecule has 0 unspecified atom stereocenters. The van der Waals surface area contributed by atoms with Gasteiger partial charge in [0, 0.05) is 37.3 Å². The molecule has 3 aromatic rings. The molecular weight excluding hydrogens is 362 g/mol. The van der Waals surface area contributed by atoms with Crippen LogP contribution in [0.1, 0.15) is 42.5 Å². The number of fused-ring (bicyclic) bond motifs is 1. The molecule has 5 nitrogen and oxygen atoms in total. The summed E-state index contributed by atoms with van der Waals surface area (Å²) < 4.78 is 0. The predicted octanol–water partition coefficient (Wildman–Crippen LogP) is 4.36. The number of hydrogen-bond donors (Lipinski definition) is 2. The zero-order valence-electron chi connectivity index (χ0n) is 16.8. The number of aldehydes is 1. The van der Waals surface area contributed by atoms with E-state index in [1.54, 1.807) is 0 Å². The van der Waals surface area contributed by atoms with E-state index >= 15 is 0 Å². The Morgan fingerprint density at radius 1 is 1.10 bits per heavy atom. The maximum atomic E-state index is 13.2. The zero-order chi connectivity index (χ0) is 20.3. The second-order valence-corrected chi connectivity index (χ2v) is 7.84. The monoisotopic (exact) mass is 389 g/mol. The number of benzene rings is 2. The van der Waals surface area contributed by atoms with E-state index < -0.39 is 0 Å². The molecule has 1 aromatic heterocycles. The largest absolute Gasteiger partial charge is 0.361 e. The number of nitrogens with zero attached hydrogens (tertiary/aromatic N) is 1. The van der Waals surface area contributed by atoms with Gasteiger partial charge in [-0.25, -0.2) is 0 Å². The molecule has 1 aliphatic carbocycles.